The maximum atomic E-state index is 13.0. The van der Waals surface area contributed by atoms with Gasteiger partial charge >= 0.3 is 0 Å². The molecule has 2 bridgehead atoms. The molecule has 1 aliphatic carbocycles. The first-order valence-corrected chi connectivity index (χ1v) is 13.5. The number of imidazole rings is 1. The minimum absolute atomic E-state index is 0.124. The maximum Gasteiger partial charge on any atom is 0.291 e. The Balaban J connectivity index is 1.49. The number of rotatable bonds is 8. The second-order valence-electron chi connectivity index (χ2n) is 12.1. The Bertz CT molecular complexity index is 1250. The molecule has 3 aliphatic rings. The van der Waals surface area contributed by atoms with E-state index in [0.29, 0.717) is 19.1 Å². The molecule has 1 aromatic heterocycles. The number of H-pyrrole nitrogens is 1. The van der Waals surface area contributed by atoms with Crippen molar-refractivity contribution in [2.45, 2.75) is 75.9 Å². The number of carbonyl (C=O) groups is 1. The Morgan fingerprint density at radius 1 is 1.18 bits per heavy atom. The van der Waals surface area contributed by atoms with E-state index in [1.165, 1.54) is 17.3 Å². The molecule has 3 heterocycles. The first-order valence-electron chi connectivity index (χ1n) is 13.5. The van der Waals surface area contributed by atoms with E-state index in [2.05, 4.69) is 47.3 Å². The molecule has 38 heavy (non-hydrogen) atoms. The van der Waals surface area contributed by atoms with Crippen LogP contribution < -0.4 is 5.32 Å². The molecule has 2 aromatic rings. The molecule has 1 unspecified atom stereocenters. The van der Waals surface area contributed by atoms with Gasteiger partial charge in [0.15, 0.2) is 5.82 Å². The van der Waals surface area contributed by atoms with Crippen LogP contribution in [0.15, 0.2) is 30.5 Å². The van der Waals surface area contributed by atoms with Crippen molar-refractivity contribution < 1.29 is 19.0 Å². The van der Waals surface area contributed by atoms with E-state index in [9.17, 15) is 4.79 Å². The quantitative estimate of drug-likeness (QED) is 0.472. The van der Waals surface area contributed by atoms with Gasteiger partial charge in [-0.05, 0) is 79.5 Å². The van der Waals surface area contributed by atoms with Crippen LogP contribution in [0.3, 0.4) is 0 Å². The third kappa shape index (κ3) is 5.28. The molecule has 5 rings (SSSR count). The second-order valence-corrected chi connectivity index (χ2v) is 12.1. The fraction of sp³-hybridized carbons (Fsp3) is 0.567. The lowest BCUT2D eigenvalue weighted by Gasteiger charge is -2.44. The molecule has 2 aliphatic heterocycles. The summed E-state index contributed by atoms with van der Waals surface area (Å²) in [5.41, 5.74) is 4.25. The van der Waals surface area contributed by atoms with Crippen molar-refractivity contribution in [3.8, 4) is 6.07 Å². The summed E-state index contributed by atoms with van der Waals surface area (Å²) in [6, 6.07) is 8.39. The first-order chi connectivity index (χ1) is 18.2. The van der Waals surface area contributed by atoms with Crippen LogP contribution in [0.2, 0.25) is 0 Å². The Hall–Kier alpha value is -2.99. The highest BCUT2D eigenvalue weighted by Crippen LogP contribution is 2.54. The molecular formula is C30H38N4O4. The molecule has 1 aromatic carbocycles. The number of benzene rings is 1. The van der Waals surface area contributed by atoms with Gasteiger partial charge in [-0.15, -0.1) is 0 Å². The number of nitrogens with zero attached hydrogens (tertiary/aromatic N) is 2. The summed E-state index contributed by atoms with van der Waals surface area (Å²) in [6.45, 7) is 5.74. The Morgan fingerprint density at radius 3 is 2.47 bits per heavy atom. The van der Waals surface area contributed by atoms with Gasteiger partial charge in [-0.1, -0.05) is 26.0 Å². The van der Waals surface area contributed by atoms with Crippen molar-refractivity contribution in [3.63, 3.8) is 0 Å². The van der Waals surface area contributed by atoms with Gasteiger partial charge < -0.3 is 24.5 Å². The third-order valence-corrected chi connectivity index (χ3v) is 8.51. The minimum atomic E-state index is -0.362. The number of anilines is 1. The van der Waals surface area contributed by atoms with Crippen molar-refractivity contribution in [2.75, 3.05) is 32.8 Å². The van der Waals surface area contributed by atoms with Gasteiger partial charge in [-0.25, -0.2) is 4.98 Å². The highest BCUT2D eigenvalue weighted by molar-refractivity contribution is 6.03. The van der Waals surface area contributed by atoms with Crippen LogP contribution in [0.1, 0.15) is 92.2 Å². The number of hydrogen-bond acceptors (Lipinski definition) is 6. The molecule has 3 atom stereocenters. The summed E-state index contributed by atoms with van der Waals surface area (Å²) in [4.78, 5) is 19.8. The lowest BCUT2D eigenvalue weighted by molar-refractivity contribution is -0.184. The monoisotopic (exact) mass is 518 g/mol. The molecule has 0 saturated carbocycles. The number of ether oxygens (including phenoxy) is 3. The SMILES string of the molecule is COC[C@@]12CC[C@@](COC)(CC(c3ccc(NC(=O)c4ncc(C#N)[nH]4)c(C4=CCC(C)(C)CC4)c3)C1)O2. The van der Waals surface area contributed by atoms with Crippen LogP contribution >= 0.6 is 0 Å². The van der Waals surface area contributed by atoms with Crippen molar-refractivity contribution in [1.82, 2.24) is 9.97 Å². The minimum Gasteiger partial charge on any atom is -0.382 e. The van der Waals surface area contributed by atoms with Gasteiger partial charge in [0.05, 0.1) is 30.6 Å². The second kappa shape index (κ2) is 10.3. The normalized spacial score (nSPS) is 28.0. The number of methoxy groups -OCH3 is 2. The summed E-state index contributed by atoms with van der Waals surface area (Å²) in [5.74, 6) is 0.0581. The number of fused-ring (bicyclic) bond motifs is 2. The number of allylic oxidation sites excluding steroid dienone is 2. The highest BCUT2D eigenvalue weighted by Gasteiger charge is 2.55. The number of nitrogens with one attached hydrogen (secondary N) is 2. The third-order valence-electron chi connectivity index (χ3n) is 8.51. The molecule has 2 fully saturated rings. The average Bonchev–Trinajstić information content (AvgIpc) is 3.47. The molecule has 8 heteroatoms. The van der Waals surface area contributed by atoms with Crippen LogP contribution in [0.5, 0.6) is 0 Å². The van der Waals surface area contributed by atoms with Gasteiger partial charge in [0.2, 0.25) is 0 Å². The van der Waals surface area contributed by atoms with Gasteiger partial charge in [0.1, 0.15) is 11.8 Å². The van der Waals surface area contributed by atoms with E-state index in [4.69, 9.17) is 19.5 Å². The van der Waals surface area contributed by atoms with E-state index >= 15 is 0 Å². The zero-order valence-electron chi connectivity index (χ0n) is 22.9. The number of hydrogen-bond donors (Lipinski definition) is 2. The van der Waals surface area contributed by atoms with Crippen molar-refractivity contribution >= 4 is 17.2 Å². The first kappa shape index (κ1) is 26.6. The largest absolute Gasteiger partial charge is 0.382 e. The molecule has 2 N–H and O–H groups in total. The lowest BCUT2D eigenvalue weighted by atomic mass is 9.75. The maximum absolute atomic E-state index is 13.0. The summed E-state index contributed by atoms with van der Waals surface area (Å²) in [5, 5.41) is 12.1. The zero-order valence-corrected chi connectivity index (χ0v) is 22.9. The predicted octanol–water partition coefficient (Wildman–Crippen LogP) is 5.59. The van der Waals surface area contributed by atoms with Crippen LogP contribution in [-0.2, 0) is 14.2 Å². The standard InChI is InChI=1S/C30H38N4O4/c1-28(2)9-7-20(8-10-28)24-13-21(5-6-25(24)34-27(35)26-32-17-23(16-31)33-26)22-14-29(18-36-3)11-12-30(15-22,38-29)19-37-4/h5-7,13,17,22H,8-12,14-15,18-19H2,1-4H3,(H,32,33)(H,34,35)/t22?,29-,30+. The number of aromatic nitrogens is 2. The van der Waals surface area contributed by atoms with Gasteiger partial charge in [0.25, 0.3) is 5.91 Å². The van der Waals surface area contributed by atoms with Crippen LogP contribution in [0.4, 0.5) is 5.69 Å². The molecule has 202 valence electrons. The summed E-state index contributed by atoms with van der Waals surface area (Å²) < 4.78 is 17.9. The number of aromatic amines is 1. The predicted molar refractivity (Wildman–Crippen MR) is 145 cm³/mol. The average molecular weight is 519 g/mol. The summed E-state index contributed by atoms with van der Waals surface area (Å²) >= 11 is 0. The van der Waals surface area contributed by atoms with E-state index in [0.717, 1.165) is 56.2 Å². The topological polar surface area (TPSA) is 109 Å². The fourth-order valence-electron chi connectivity index (χ4n) is 6.54. The van der Waals surface area contributed by atoms with E-state index < -0.39 is 0 Å². The Morgan fingerprint density at radius 2 is 1.89 bits per heavy atom. The molecule has 0 spiro atoms. The molecular weight excluding hydrogens is 480 g/mol. The van der Waals surface area contributed by atoms with Gasteiger partial charge in [0, 0.05) is 25.5 Å². The molecule has 1 amide bonds. The highest BCUT2D eigenvalue weighted by atomic mass is 16.6. The van der Waals surface area contributed by atoms with E-state index in [-0.39, 0.29) is 34.0 Å². The Kier molecular flexibility index (Phi) is 7.21. The van der Waals surface area contributed by atoms with Crippen molar-refractivity contribution in [3.05, 3.63) is 53.1 Å². The smallest absolute Gasteiger partial charge is 0.291 e. The summed E-state index contributed by atoms with van der Waals surface area (Å²) in [7, 11) is 3.48. The number of carbonyl (C=O) groups excluding carboxylic acids is 1. The van der Waals surface area contributed by atoms with Crippen LogP contribution in [0.25, 0.3) is 5.57 Å². The number of nitriles is 1. The molecule has 8 nitrogen and oxygen atoms in total. The van der Waals surface area contributed by atoms with E-state index in [1.807, 2.05) is 12.1 Å². The van der Waals surface area contributed by atoms with Crippen molar-refractivity contribution in [2.24, 2.45) is 5.41 Å². The lowest BCUT2D eigenvalue weighted by Crippen LogP contribution is -2.48. The molecule has 0 radical (unpaired) electrons. The fourth-order valence-corrected chi connectivity index (χ4v) is 6.54. The van der Waals surface area contributed by atoms with Crippen LogP contribution in [0, 0.1) is 16.7 Å². The summed E-state index contributed by atoms with van der Waals surface area (Å²) in [6.07, 6.45) is 10.5. The van der Waals surface area contributed by atoms with E-state index in [1.54, 1.807) is 14.2 Å². The van der Waals surface area contributed by atoms with Crippen LogP contribution in [-0.4, -0.2) is 54.5 Å². The number of amides is 1. The zero-order chi connectivity index (χ0) is 27.0. The van der Waals surface area contributed by atoms with Gasteiger partial charge in [-0.3, -0.25) is 4.79 Å². The van der Waals surface area contributed by atoms with Crippen molar-refractivity contribution in [1.29, 1.82) is 5.26 Å². The molecule has 2 saturated heterocycles. The van der Waals surface area contributed by atoms with Gasteiger partial charge in [-0.2, -0.15) is 5.26 Å². The Labute approximate surface area is 224 Å².